The second kappa shape index (κ2) is 7.59. The average Bonchev–Trinajstić information content (AvgIpc) is 3.34. The van der Waals surface area contributed by atoms with Crippen molar-refractivity contribution in [3.63, 3.8) is 0 Å². The molecular formula is C18H24N2O5. The van der Waals surface area contributed by atoms with E-state index in [4.69, 9.17) is 18.9 Å². The lowest BCUT2D eigenvalue weighted by atomic mass is 9.96. The number of nitrogens with zero attached hydrogens (tertiary/aromatic N) is 1. The molecule has 0 bridgehead atoms. The number of carbonyl (C=O) groups excluding carboxylic acids is 1. The Balaban J connectivity index is 1.40. The number of morpholine rings is 1. The van der Waals surface area contributed by atoms with Crippen LogP contribution in [0.5, 0.6) is 11.5 Å². The average molecular weight is 348 g/mol. The number of benzene rings is 1. The summed E-state index contributed by atoms with van der Waals surface area (Å²) in [5.41, 5.74) is 0.590. The zero-order chi connectivity index (χ0) is 17.1. The summed E-state index contributed by atoms with van der Waals surface area (Å²) < 4.78 is 21.7. The van der Waals surface area contributed by atoms with Gasteiger partial charge in [0.15, 0.2) is 11.5 Å². The number of hydrogen-bond donors (Lipinski definition) is 1. The maximum atomic E-state index is 12.6. The van der Waals surface area contributed by atoms with Crippen molar-refractivity contribution in [2.75, 3.05) is 52.9 Å². The van der Waals surface area contributed by atoms with Crippen molar-refractivity contribution >= 4 is 5.91 Å². The maximum Gasteiger partial charge on any atom is 0.251 e. The molecule has 3 heterocycles. The summed E-state index contributed by atoms with van der Waals surface area (Å²) >= 11 is 0. The summed E-state index contributed by atoms with van der Waals surface area (Å²) in [4.78, 5) is 15.0. The van der Waals surface area contributed by atoms with Crippen LogP contribution >= 0.6 is 0 Å². The van der Waals surface area contributed by atoms with Gasteiger partial charge in [-0.3, -0.25) is 9.69 Å². The molecule has 7 heteroatoms. The van der Waals surface area contributed by atoms with Crippen LogP contribution in [0.25, 0.3) is 0 Å². The van der Waals surface area contributed by atoms with Gasteiger partial charge in [-0.15, -0.1) is 0 Å². The smallest absolute Gasteiger partial charge is 0.251 e. The molecule has 0 radical (unpaired) electrons. The monoisotopic (exact) mass is 348 g/mol. The van der Waals surface area contributed by atoms with Gasteiger partial charge in [-0.05, 0) is 24.6 Å². The molecule has 1 amide bonds. The van der Waals surface area contributed by atoms with Crippen molar-refractivity contribution in [3.05, 3.63) is 23.8 Å². The quantitative estimate of drug-likeness (QED) is 0.852. The summed E-state index contributed by atoms with van der Waals surface area (Å²) in [6, 6.07) is 5.57. The number of fused-ring (bicyclic) bond motifs is 1. The Hall–Kier alpha value is -1.83. The predicted octanol–water partition coefficient (Wildman–Crippen LogP) is 0.882. The van der Waals surface area contributed by atoms with Crippen molar-refractivity contribution in [2.45, 2.75) is 12.5 Å². The first-order valence-electron chi connectivity index (χ1n) is 8.88. The van der Waals surface area contributed by atoms with E-state index < -0.39 is 0 Å². The fourth-order valence-corrected chi connectivity index (χ4v) is 3.70. The molecule has 3 aliphatic heterocycles. The highest BCUT2D eigenvalue weighted by molar-refractivity contribution is 5.94. The summed E-state index contributed by atoms with van der Waals surface area (Å²) in [6.07, 6.45) is 1.04. The highest BCUT2D eigenvalue weighted by atomic mass is 16.7. The van der Waals surface area contributed by atoms with Crippen LogP contribution in [0.4, 0.5) is 0 Å². The third-order valence-electron chi connectivity index (χ3n) is 5.13. The summed E-state index contributed by atoms with van der Waals surface area (Å²) in [5, 5.41) is 3.09. The van der Waals surface area contributed by atoms with Crippen molar-refractivity contribution in [3.8, 4) is 11.5 Å². The van der Waals surface area contributed by atoms with Gasteiger partial charge in [-0.1, -0.05) is 0 Å². The predicted molar refractivity (Wildman–Crippen MR) is 90.0 cm³/mol. The second-order valence-electron chi connectivity index (χ2n) is 6.62. The molecule has 2 atom stereocenters. The van der Waals surface area contributed by atoms with Crippen LogP contribution in [-0.2, 0) is 9.47 Å². The highest BCUT2D eigenvalue weighted by Crippen LogP contribution is 2.32. The number of carbonyl (C=O) groups is 1. The molecule has 7 nitrogen and oxygen atoms in total. The molecule has 25 heavy (non-hydrogen) atoms. The van der Waals surface area contributed by atoms with Crippen molar-refractivity contribution < 1.29 is 23.7 Å². The number of amides is 1. The minimum Gasteiger partial charge on any atom is -0.454 e. The Labute approximate surface area is 147 Å². The zero-order valence-corrected chi connectivity index (χ0v) is 14.2. The molecule has 2 unspecified atom stereocenters. The molecule has 2 saturated heterocycles. The van der Waals surface area contributed by atoms with Gasteiger partial charge in [-0.2, -0.15) is 0 Å². The van der Waals surface area contributed by atoms with Crippen molar-refractivity contribution in [1.29, 1.82) is 0 Å². The lowest BCUT2D eigenvalue weighted by Gasteiger charge is -2.37. The van der Waals surface area contributed by atoms with Gasteiger partial charge in [0.25, 0.3) is 5.91 Å². The van der Waals surface area contributed by atoms with Crippen LogP contribution in [0, 0.1) is 5.92 Å². The fraction of sp³-hybridized carbons (Fsp3) is 0.611. The van der Waals surface area contributed by atoms with Gasteiger partial charge in [-0.25, -0.2) is 0 Å². The number of nitrogens with one attached hydrogen (secondary N) is 1. The molecule has 0 aromatic heterocycles. The van der Waals surface area contributed by atoms with Gasteiger partial charge in [0.2, 0.25) is 6.79 Å². The Kier molecular flexibility index (Phi) is 5.05. The highest BCUT2D eigenvalue weighted by Gasteiger charge is 2.32. The normalized spacial score (nSPS) is 24.2. The van der Waals surface area contributed by atoms with Crippen LogP contribution in [0.2, 0.25) is 0 Å². The number of hydrogen-bond acceptors (Lipinski definition) is 6. The molecule has 1 aromatic carbocycles. The topological polar surface area (TPSA) is 69.3 Å². The number of rotatable bonds is 5. The van der Waals surface area contributed by atoms with E-state index in [1.165, 1.54) is 0 Å². The van der Waals surface area contributed by atoms with Crippen LogP contribution in [0.1, 0.15) is 16.8 Å². The summed E-state index contributed by atoms with van der Waals surface area (Å²) in [7, 11) is 0. The number of ether oxygens (including phenoxy) is 4. The maximum absolute atomic E-state index is 12.6. The lowest BCUT2D eigenvalue weighted by molar-refractivity contribution is 0.00166. The van der Waals surface area contributed by atoms with E-state index in [9.17, 15) is 4.79 Å². The Morgan fingerprint density at radius 3 is 2.80 bits per heavy atom. The van der Waals surface area contributed by atoms with E-state index in [2.05, 4.69) is 10.2 Å². The minimum absolute atomic E-state index is 0.0875. The lowest BCUT2D eigenvalue weighted by Crippen LogP contribution is -2.52. The van der Waals surface area contributed by atoms with Gasteiger partial charge in [0.05, 0.1) is 19.8 Å². The van der Waals surface area contributed by atoms with Gasteiger partial charge in [0, 0.05) is 43.8 Å². The molecule has 0 saturated carbocycles. The largest absolute Gasteiger partial charge is 0.454 e. The van der Waals surface area contributed by atoms with E-state index >= 15 is 0 Å². The molecule has 1 aromatic rings. The summed E-state index contributed by atoms with van der Waals surface area (Å²) in [5.74, 6) is 1.68. The van der Waals surface area contributed by atoms with E-state index in [1.54, 1.807) is 18.2 Å². The Bertz CT molecular complexity index is 611. The van der Waals surface area contributed by atoms with Crippen molar-refractivity contribution in [1.82, 2.24) is 10.2 Å². The fourth-order valence-electron chi connectivity index (χ4n) is 3.70. The zero-order valence-electron chi connectivity index (χ0n) is 14.2. The molecule has 3 aliphatic rings. The summed E-state index contributed by atoms with van der Waals surface area (Å²) in [6.45, 7) is 5.70. The molecule has 4 rings (SSSR count). The minimum atomic E-state index is -0.0875. The van der Waals surface area contributed by atoms with E-state index in [1.807, 2.05) is 0 Å². The SMILES string of the molecule is O=C(NCC(C1CCOC1)N1CCOCC1)c1ccc2c(c1)OCO2. The van der Waals surface area contributed by atoms with E-state index in [-0.39, 0.29) is 18.7 Å². The first-order valence-corrected chi connectivity index (χ1v) is 8.88. The van der Waals surface area contributed by atoms with Crippen LogP contribution in [-0.4, -0.2) is 69.7 Å². The van der Waals surface area contributed by atoms with E-state index in [0.717, 1.165) is 45.9 Å². The van der Waals surface area contributed by atoms with E-state index in [0.29, 0.717) is 29.5 Å². The standard InChI is InChI=1S/C18H24N2O5/c21-18(13-1-2-16-17(9-13)25-12-24-16)19-10-15(14-3-6-23-11-14)20-4-7-22-8-5-20/h1-2,9,14-15H,3-8,10-12H2,(H,19,21). The third kappa shape index (κ3) is 3.73. The first-order chi connectivity index (χ1) is 12.3. The van der Waals surface area contributed by atoms with Crippen LogP contribution < -0.4 is 14.8 Å². The molecular weight excluding hydrogens is 324 g/mol. The first kappa shape index (κ1) is 16.6. The third-order valence-corrected chi connectivity index (χ3v) is 5.13. The molecule has 1 N–H and O–H groups in total. The van der Waals surface area contributed by atoms with Gasteiger partial charge >= 0.3 is 0 Å². The Morgan fingerprint density at radius 1 is 1.16 bits per heavy atom. The molecule has 0 spiro atoms. The van der Waals surface area contributed by atoms with Crippen LogP contribution in [0.3, 0.4) is 0 Å². The van der Waals surface area contributed by atoms with Crippen molar-refractivity contribution in [2.24, 2.45) is 5.92 Å². The molecule has 2 fully saturated rings. The molecule has 0 aliphatic carbocycles. The van der Waals surface area contributed by atoms with Gasteiger partial charge in [0.1, 0.15) is 0 Å². The second-order valence-corrected chi connectivity index (χ2v) is 6.62. The molecule has 136 valence electrons. The Morgan fingerprint density at radius 2 is 2.00 bits per heavy atom. The van der Waals surface area contributed by atoms with Gasteiger partial charge < -0.3 is 24.3 Å². The van der Waals surface area contributed by atoms with Crippen LogP contribution in [0.15, 0.2) is 18.2 Å².